The Balaban J connectivity index is 4.54. The van der Waals surface area contributed by atoms with Gasteiger partial charge >= 0.3 is 5.97 Å². The van der Waals surface area contributed by atoms with Gasteiger partial charge in [-0.2, -0.15) is 0 Å². The molecule has 2 atom stereocenters. The first-order valence-electron chi connectivity index (χ1n) is 7.71. The molecule has 0 aromatic heterocycles. The van der Waals surface area contributed by atoms with Crippen LogP contribution in [-0.4, -0.2) is 60.4 Å². The molecule has 2 unspecified atom stereocenters. The number of carboxylic acid groups (broad SMARTS) is 1. The van der Waals surface area contributed by atoms with E-state index in [1.807, 2.05) is 13.8 Å². The Kier molecular flexibility index (Phi) is 9.80. The predicted molar refractivity (Wildman–Crippen MR) is 82.2 cm³/mol. The summed E-state index contributed by atoms with van der Waals surface area (Å²) < 4.78 is 5.38. The topological polar surface area (TPSA) is 61.8 Å². The van der Waals surface area contributed by atoms with Crippen LogP contribution < -0.4 is 5.32 Å². The van der Waals surface area contributed by atoms with Crippen LogP contribution in [0.3, 0.4) is 0 Å². The predicted octanol–water partition coefficient (Wildman–Crippen LogP) is 1.97. The molecule has 0 aliphatic rings. The van der Waals surface area contributed by atoms with Crippen LogP contribution in [0.4, 0.5) is 0 Å². The van der Waals surface area contributed by atoms with Crippen LogP contribution in [0, 0.1) is 0 Å². The van der Waals surface area contributed by atoms with Gasteiger partial charge in [0.05, 0.1) is 6.61 Å². The highest BCUT2D eigenvalue weighted by Gasteiger charge is 2.35. The number of nitrogens with zero attached hydrogens (tertiary/aromatic N) is 1. The van der Waals surface area contributed by atoms with Gasteiger partial charge in [-0.3, -0.25) is 9.69 Å². The molecule has 0 heterocycles. The van der Waals surface area contributed by atoms with Gasteiger partial charge in [-0.15, -0.1) is 0 Å². The van der Waals surface area contributed by atoms with Crippen molar-refractivity contribution in [1.82, 2.24) is 10.2 Å². The SMILES string of the molecule is CCCNC(C)(CC(C)N(CC)CCOCC)C(=O)O. The highest BCUT2D eigenvalue weighted by molar-refractivity contribution is 5.78. The average molecular weight is 288 g/mol. The number of hydrogen-bond donors (Lipinski definition) is 2. The van der Waals surface area contributed by atoms with E-state index in [1.54, 1.807) is 6.92 Å². The van der Waals surface area contributed by atoms with Crippen molar-refractivity contribution in [2.45, 2.75) is 59.0 Å². The molecule has 20 heavy (non-hydrogen) atoms. The molecule has 0 aromatic rings. The molecule has 0 bridgehead atoms. The zero-order chi connectivity index (χ0) is 15.6. The third kappa shape index (κ3) is 6.68. The lowest BCUT2D eigenvalue weighted by Gasteiger charge is -2.35. The van der Waals surface area contributed by atoms with Crippen LogP contribution in [0.2, 0.25) is 0 Å². The van der Waals surface area contributed by atoms with Crippen molar-refractivity contribution >= 4 is 5.97 Å². The van der Waals surface area contributed by atoms with Crippen molar-refractivity contribution in [1.29, 1.82) is 0 Å². The molecular formula is C15H32N2O3. The molecular weight excluding hydrogens is 256 g/mol. The van der Waals surface area contributed by atoms with E-state index < -0.39 is 11.5 Å². The Labute approximate surface area is 123 Å². The molecule has 0 radical (unpaired) electrons. The fourth-order valence-corrected chi connectivity index (χ4v) is 2.37. The van der Waals surface area contributed by atoms with Gasteiger partial charge in [-0.25, -0.2) is 0 Å². The Morgan fingerprint density at radius 2 is 2.05 bits per heavy atom. The van der Waals surface area contributed by atoms with Crippen molar-refractivity contribution in [2.24, 2.45) is 0 Å². The zero-order valence-electron chi connectivity index (χ0n) is 13.7. The summed E-state index contributed by atoms with van der Waals surface area (Å²) >= 11 is 0. The molecule has 5 nitrogen and oxygen atoms in total. The monoisotopic (exact) mass is 288 g/mol. The van der Waals surface area contributed by atoms with Crippen LogP contribution in [0.15, 0.2) is 0 Å². The van der Waals surface area contributed by atoms with Crippen molar-refractivity contribution in [3.63, 3.8) is 0 Å². The van der Waals surface area contributed by atoms with E-state index in [2.05, 4.69) is 24.1 Å². The smallest absolute Gasteiger partial charge is 0.323 e. The molecule has 0 saturated heterocycles. The lowest BCUT2D eigenvalue weighted by Crippen LogP contribution is -2.54. The first kappa shape index (κ1) is 19.4. The Bertz CT molecular complexity index is 274. The minimum atomic E-state index is -0.867. The molecule has 0 aliphatic carbocycles. The molecule has 0 aliphatic heterocycles. The number of ether oxygens (including phenoxy) is 1. The van der Waals surface area contributed by atoms with Crippen molar-refractivity contribution < 1.29 is 14.6 Å². The summed E-state index contributed by atoms with van der Waals surface area (Å²) in [6, 6.07) is 0.200. The largest absolute Gasteiger partial charge is 0.480 e. The number of aliphatic carboxylic acids is 1. The van der Waals surface area contributed by atoms with Crippen LogP contribution in [-0.2, 0) is 9.53 Å². The third-order valence-corrected chi connectivity index (χ3v) is 3.70. The maximum atomic E-state index is 11.5. The lowest BCUT2D eigenvalue weighted by atomic mass is 9.92. The van der Waals surface area contributed by atoms with Crippen LogP contribution in [0.25, 0.3) is 0 Å². The molecule has 0 saturated carbocycles. The van der Waals surface area contributed by atoms with Gasteiger partial charge in [0.15, 0.2) is 0 Å². The van der Waals surface area contributed by atoms with Gasteiger partial charge in [0.25, 0.3) is 0 Å². The van der Waals surface area contributed by atoms with E-state index in [9.17, 15) is 9.90 Å². The van der Waals surface area contributed by atoms with Crippen LogP contribution in [0.1, 0.15) is 47.5 Å². The van der Waals surface area contributed by atoms with Crippen molar-refractivity contribution in [3.05, 3.63) is 0 Å². The summed E-state index contributed by atoms with van der Waals surface area (Å²) in [7, 11) is 0. The van der Waals surface area contributed by atoms with E-state index >= 15 is 0 Å². The molecule has 120 valence electrons. The minimum Gasteiger partial charge on any atom is -0.480 e. The number of rotatable bonds is 12. The second kappa shape index (κ2) is 10.1. The standard InChI is InChI=1S/C15H32N2O3/c1-6-9-16-15(5,14(18)19)12-13(4)17(7-2)10-11-20-8-3/h13,16H,6-12H2,1-5H3,(H,18,19). The zero-order valence-corrected chi connectivity index (χ0v) is 13.7. The van der Waals surface area contributed by atoms with Gasteiger partial charge in [0.2, 0.25) is 0 Å². The summed E-state index contributed by atoms with van der Waals surface area (Å²) in [5, 5.41) is 12.6. The Morgan fingerprint density at radius 1 is 1.40 bits per heavy atom. The molecule has 0 spiro atoms. The molecule has 2 N–H and O–H groups in total. The molecule has 0 amide bonds. The fourth-order valence-electron chi connectivity index (χ4n) is 2.37. The van der Waals surface area contributed by atoms with Gasteiger partial charge in [-0.05, 0) is 46.7 Å². The van der Waals surface area contributed by atoms with Crippen molar-refractivity contribution in [3.8, 4) is 0 Å². The molecule has 0 aromatic carbocycles. The number of carbonyl (C=O) groups is 1. The molecule has 0 fully saturated rings. The van der Waals surface area contributed by atoms with Crippen molar-refractivity contribution in [2.75, 3.05) is 32.8 Å². The maximum absolute atomic E-state index is 11.5. The van der Waals surface area contributed by atoms with E-state index in [0.29, 0.717) is 13.0 Å². The Morgan fingerprint density at radius 3 is 2.50 bits per heavy atom. The highest BCUT2D eigenvalue weighted by Crippen LogP contribution is 2.17. The second-order valence-electron chi connectivity index (χ2n) is 5.44. The molecule has 5 heteroatoms. The fraction of sp³-hybridized carbons (Fsp3) is 0.933. The van der Waals surface area contributed by atoms with Gasteiger partial charge in [0, 0.05) is 19.2 Å². The Hall–Kier alpha value is -0.650. The molecule has 0 rings (SSSR count). The second-order valence-corrected chi connectivity index (χ2v) is 5.44. The third-order valence-electron chi connectivity index (χ3n) is 3.70. The first-order chi connectivity index (χ1) is 9.41. The van der Waals surface area contributed by atoms with Gasteiger partial charge < -0.3 is 15.2 Å². The summed E-state index contributed by atoms with van der Waals surface area (Å²) in [6.07, 6.45) is 1.52. The maximum Gasteiger partial charge on any atom is 0.323 e. The number of carboxylic acids is 1. The highest BCUT2D eigenvalue weighted by atomic mass is 16.5. The van der Waals surface area contributed by atoms with E-state index in [1.165, 1.54) is 0 Å². The first-order valence-corrected chi connectivity index (χ1v) is 7.71. The quantitative estimate of drug-likeness (QED) is 0.538. The lowest BCUT2D eigenvalue weighted by molar-refractivity contribution is -0.145. The summed E-state index contributed by atoms with van der Waals surface area (Å²) in [5.74, 6) is -0.779. The number of nitrogens with one attached hydrogen (secondary N) is 1. The van der Waals surface area contributed by atoms with Gasteiger partial charge in [0.1, 0.15) is 5.54 Å². The van der Waals surface area contributed by atoms with Crippen LogP contribution >= 0.6 is 0 Å². The van der Waals surface area contributed by atoms with Gasteiger partial charge in [-0.1, -0.05) is 13.8 Å². The van der Waals surface area contributed by atoms with E-state index in [-0.39, 0.29) is 6.04 Å². The number of likely N-dealkylation sites (N-methyl/N-ethyl adjacent to an activating group) is 1. The normalized spacial score (nSPS) is 16.1. The average Bonchev–Trinajstić information content (AvgIpc) is 2.41. The summed E-state index contributed by atoms with van der Waals surface area (Å²) in [5.41, 5.74) is -0.867. The summed E-state index contributed by atoms with van der Waals surface area (Å²) in [6.45, 7) is 13.9. The summed E-state index contributed by atoms with van der Waals surface area (Å²) in [4.78, 5) is 13.8. The van der Waals surface area contributed by atoms with E-state index in [0.717, 1.165) is 32.7 Å². The number of hydrogen-bond acceptors (Lipinski definition) is 4. The minimum absolute atomic E-state index is 0.200. The van der Waals surface area contributed by atoms with E-state index in [4.69, 9.17) is 4.74 Å². The van der Waals surface area contributed by atoms with Crippen LogP contribution in [0.5, 0.6) is 0 Å².